The third-order valence-electron chi connectivity index (χ3n) is 6.61. The van der Waals surface area contributed by atoms with Gasteiger partial charge in [-0.25, -0.2) is 9.97 Å². The second kappa shape index (κ2) is 10.1. The summed E-state index contributed by atoms with van der Waals surface area (Å²) < 4.78 is 11.9. The number of likely N-dealkylation sites (tertiary alicyclic amines) is 1. The number of hydrogen-bond donors (Lipinski definition) is 1. The van der Waals surface area contributed by atoms with Gasteiger partial charge in [-0.2, -0.15) is 0 Å². The quantitative estimate of drug-likeness (QED) is 0.435. The van der Waals surface area contributed by atoms with Crippen molar-refractivity contribution in [1.29, 1.82) is 0 Å². The number of hydrogen-bond acceptors (Lipinski definition) is 6. The van der Waals surface area contributed by atoms with E-state index in [1.165, 1.54) is 32.3 Å². The normalized spacial score (nSPS) is 22.1. The van der Waals surface area contributed by atoms with Gasteiger partial charge in [-0.1, -0.05) is 23.2 Å². The van der Waals surface area contributed by atoms with Crippen LogP contribution in [0.25, 0.3) is 10.9 Å². The standard InChI is InChI=1S/C24H26Cl2N4O2.ClH/c1-30-10-15-5-14(6-16(15)11-30)12-32-23-9-21-18(8-22(23)31-2)24(28-13-27-21)29-17-3-4-19(25)20(26)7-17;/h3-4,7-9,13-16H,5-6,10-12H2,1-2H3,(H,27,28,29);1H/t14-,15-,16+;. The lowest BCUT2D eigenvalue weighted by Crippen LogP contribution is -2.18. The lowest BCUT2D eigenvalue weighted by atomic mass is 10.0. The number of anilines is 2. The van der Waals surface area contributed by atoms with Gasteiger partial charge in [0.2, 0.25) is 0 Å². The molecule has 6 nitrogen and oxygen atoms in total. The molecule has 9 heteroatoms. The number of rotatable bonds is 6. The van der Waals surface area contributed by atoms with Crippen molar-refractivity contribution in [2.45, 2.75) is 12.8 Å². The second-order valence-corrected chi connectivity index (χ2v) is 9.70. The van der Waals surface area contributed by atoms with Crippen LogP contribution in [0.3, 0.4) is 0 Å². The van der Waals surface area contributed by atoms with Gasteiger partial charge in [-0.3, -0.25) is 0 Å². The number of benzene rings is 2. The number of fused-ring (bicyclic) bond motifs is 2. The minimum Gasteiger partial charge on any atom is -0.493 e. The molecule has 1 aliphatic heterocycles. The summed E-state index contributed by atoms with van der Waals surface area (Å²) in [7, 11) is 3.87. The Morgan fingerprint density at radius 3 is 2.48 bits per heavy atom. The van der Waals surface area contributed by atoms with Crippen molar-refractivity contribution in [3.05, 3.63) is 46.7 Å². The van der Waals surface area contributed by atoms with Crippen LogP contribution in [-0.4, -0.2) is 48.7 Å². The maximum absolute atomic E-state index is 6.25. The number of methoxy groups -OCH3 is 1. The van der Waals surface area contributed by atoms with Gasteiger partial charge in [-0.05, 0) is 61.9 Å². The highest BCUT2D eigenvalue weighted by Crippen LogP contribution is 2.42. The Bertz CT molecular complexity index is 1130. The van der Waals surface area contributed by atoms with E-state index in [9.17, 15) is 0 Å². The van der Waals surface area contributed by atoms with E-state index < -0.39 is 0 Å². The third kappa shape index (κ3) is 5.09. The molecular weight excluding hydrogens is 483 g/mol. The van der Waals surface area contributed by atoms with Gasteiger partial charge in [0.15, 0.2) is 11.5 Å². The maximum atomic E-state index is 6.25. The van der Waals surface area contributed by atoms with Crippen molar-refractivity contribution in [1.82, 2.24) is 14.9 Å². The number of ether oxygens (including phenoxy) is 2. The summed E-state index contributed by atoms with van der Waals surface area (Å²) in [6.45, 7) is 3.13. The Balaban J connectivity index is 0.00000259. The predicted octanol–water partition coefficient (Wildman–Crippen LogP) is 6.08. The molecule has 1 saturated heterocycles. The first-order valence-corrected chi connectivity index (χ1v) is 11.6. The van der Waals surface area contributed by atoms with Gasteiger partial charge in [0.25, 0.3) is 0 Å². The van der Waals surface area contributed by atoms with E-state index in [1.807, 2.05) is 18.2 Å². The predicted molar refractivity (Wildman–Crippen MR) is 136 cm³/mol. The molecule has 1 N–H and O–H groups in total. The molecule has 1 aliphatic carbocycles. The first-order chi connectivity index (χ1) is 15.5. The van der Waals surface area contributed by atoms with Crippen molar-refractivity contribution in [3.8, 4) is 11.5 Å². The molecule has 2 aliphatic rings. The van der Waals surface area contributed by atoms with Gasteiger partial charge in [0.1, 0.15) is 12.1 Å². The molecule has 1 aromatic heterocycles. The number of aromatic nitrogens is 2. The van der Waals surface area contributed by atoms with Crippen LogP contribution >= 0.6 is 35.6 Å². The molecule has 0 spiro atoms. The van der Waals surface area contributed by atoms with Crippen LogP contribution in [0.5, 0.6) is 11.5 Å². The molecule has 0 unspecified atom stereocenters. The molecule has 5 rings (SSSR count). The van der Waals surface area contributed by atoms with E-state index >= 15 is 0 Å². The molecule has 33 heavy (non-hydrogen) atoms. The lowest BCUT2D eigenvalue weighted by Gasteiger charge is -2.17. The Hall–Kier alpha value is -1.99. The molecule has 2 heterocycles. The zero-order chi connectivity index (χ0) is 22.2. The average molecular weight is 510 g/mol. The fraction of sp³-hybridized carbons (Fsp3) is 0.417. The summed E-state index contributed by atoms with van der Waals surface area (Å²) in [6, 6.07) is 9.21. The first kappa shape index (κ1) is 24.1. The summed E-state index contributed by atoms with van der Waals surface area (Å²) in [5.74, 6) is 4.27. The summed E-state index contributed by atoms with van der Waals surface area (Å²) >= 11 is 12.2. The number of halogens is 3. The summed E-state index contributed by atoms with van der Waals surface area (Å²) in [5, 5.41) is 5.11. The molecule has 0 amide bonds. The maximum Gasteiger partial charge on any atom is 0.163 e. The summed E-state index contributed by atoms with van der Waals surface area (Å²) in [5.41, 5.74) is 1.57. The van der Waals surface area contributed by atoms with Crippen LogP contribution in [-0.2, 0) is 0 Å². The van der Waals surface area contributed by atoms with Gasteiger partial charge in [0, 0.05) is 30.2 Å². The second-order valence-electron chi connectivity index (χ2n) is 8.89. The van der Waals surface area contributed by atoms with Gasteiger partial charge < -0.3 is 19.7 Å². The van der Waals surface area contributed by atoms with Gasteiger partial charge in [-0.15, -0.1) is 12.4 Å². The Morgan fingerprint density at radius 1 is 1.03 bits per heavy atom. The van der Waals surface area contributed by atoms with Crippen molar-refractivity contribution >= 4 is 58.0 Å². The zero-order valence-corrected chi connectivity index (χ0v) is 20.9. The van der Waals surface area contributed by atoms with Crippen molar-refractivity contribution in [2.24, 2.45) is 17.8 Å². The van der Waals surface area contributed by atoms with Crippen molar-refractivity contribution < 1.29 is 9.47 Å². The van der Waals surface area contributed by atoms with Crippen LogP contribution in [0.4, 0.5) is 11.5 Å². The van der Waals surface area contributed by atoms with E-state index in [1.54, 1.807) is 19.2 Å². The van der Waals surface area contributed by atoms with E-state index in [0.29, 0.717) is 39.9 Å². The highest BCUT2D eigenvalue weighted by Gasteiger charge is 2.39. The highest BCUT2D eigenvalue weighted by atomic mass is 35.5. The fourth-order valence-electron chi connectivity index (χ4n) is 5.15. The summed E-state index contributed by atoms with van der Waals surface area (Å²) in [4.78, 5) is 11.3. The average Bonchev–Trinajstić information content (AvgIpc) is 3.31. The zero-order valence-electron chi connectivity index (χ0n) is 18.6. The fourth-order valence-corrected chi connectivity index (χ4v) is 5.45. The van der Waals surface area contributed by atoms with E-state index in [2.05, 4.69) is 27.2 Å². The Labute approximate surface area is 210 Å². The lowest BCUT2D eigenvalue weighted by molar-refractivity contribution is 0.227. The summed E-state index contributed by atoms with van der Waals surface area (Å²) in [6.07, 6.45) is 4.02. The van der Waals surface area contributed by atoms with Crippen LogP contribution in [0, 0.1) is 17.8 Å². The third-order valence-corrected chi connectivity index (χ3v) is 7.35. The minimum absolute atomic E-state index is 0. The van der Waals surface area contributed by atoms with Crippen LogP contribution in [0.1, 0.15) is 12.8 Å². The van der Waals surface area contributed by atoms with E-state index in [-0.39, 0.29) is 12.4 Å². The molecular formula is C24H27Cl3N4O2. The highest BCUT2D eigenvalue weighted by molar-refractivity contribution is 6.42. The van der Waals surface area contributed by atoms with E-state index in [0.717, 1.165) is 28.4 Å². The van der Waals surface area contributed by atoms with Crippen LogP contribution < -0.4 is 14.8 Å². The molecule has 1 saturated carbocycles. The first-order valence-electron chi connectivity index (χ1n) is 10.9. The number of nitrogens with one attached hydrogen (secondary N) is 1. The molecule has 2 fully saturated rings. The molecule has 2 aromatic carbocycles. The van der Waals surface area contributed by atoms with Crippen molar-refractivity contribution in [3.63, 3.8) is 0 Å². The monoisotopic (exact) mass is 508 g/mol. The Morgan fingerprint density at radius 2 is 1.79 bits per heavy atom. The largest absolute Gasteiger partial charge is 0.493 e. The SMILES string of the molecule is COc1cc2c(Nc3ccc(Cl)c(Cl)c3)ncnc2cc1OC[C@@H]1C[C@@H]2CN(C)C[C@@H]2C1.Cl. The Kier molecular flexibility index (Phi) is 7.39. The molecule has 176 valence electrons. The minimum atomic E-state index is 0. The molecule has 0 bridgehead atoms. The topological polar surface area (TPSA) is 59.5 Å². The van der Waals surface area contributed by atoms with Crippen LogP contribution in [0.2, 0.25) is 10.0 Å². The number of nitrogens with zero attached hydrogens (tertiary/aromatic N) is 3. The molecule has 3 atom stereocenters. The van der Waals surface area contributed by atoms with Gasteiger partial charge in [0.05, 0.1) is 29.3 Å². The smallest absolute Gasteiger partial charge is 0.163 e. The van der Waals surface area contributed by atoms with E-state index in [4.69, 9.17) is 32.7 Å². The van der Waals surface area contributed by atoms with Gasteiger partial charge >= 0.3 is 0 Å². The van der Waals surface area contributed by atoms with Crippen LogP contribution in [0.15, 0.2) is 36.7 Å². The molecule has 3 aromatic rings. The van der Waals surface area contributed by atoms with Crippen molar-refractivity contribution in [2.75, 3.05) is 39.2 Å². The molecule has 0 radical (unpaired) electrons.